The van der Waals surface area contributed by atoms with E-state index >= 15 is 0 Å². The van der Waals surface area contributed by atoms with Gasteiger partial charge in [-0.25, -0.2) is 9.65 Å². The molecule has 0 aromatic heterocycles. The number of nitrogens with one attached hydrogen (secondary N) is 2. The van der Waals surface area contributed by atoms with Crippen LogP contribution in [0.4, 0.5) is 0 Å². The van der Waals surface area contributed by atoms with Gasteiger partial charge in [0.15, 0.2) is 0 Å². The Morgan fingerprint density at radius 3 is 2.40 bits per heavy atom. The fourth-order valence-corrected chi connectivity index (χ4v) is 5.43. The molecule has 7 nitrogen and oxygen atoms in total. The molecule has 0 heterocycles. The highest BCUT2D eigenvalue weighted by Gasteiger charge is 2.31. The number of para-hydroxylation sites is 1. The van der Waals surface area contributed by atoms with Crippen LogP contribution in [-0.4, -0.2) is 36.3 Å². The molecular formula is C16H25N2O5PS. The first kappa shape index (κ1) is 21.5. The van der Waals surface area contributed by atoms with Gasteiger partial charge in [-0.15, -0.1) is 0 Å². The van der Waals surface area contributed by atoms with Crippen molar-refractivity contribution in [2.24, 2.45) is 0 Å². The number of ether oxygens (including phenoxy) is 1. The number of rotatable bonds is 10. The second kappa shape index (κ2) is 10.5. The van der Waals surface area contributed by atoms with E-state index in [1.54, 1.807) is 45.0 Å². The molecule has 1 amide bonds. The lowest BCUT2D eigenvalue weighted by atomic mass is 10.3. The molecule has 0 aliphatic heterocycles. The van der Waals surface area contributed by atoms with E-state index in [2.05, 4.69) is 10.4 Å². The third-order valence-corrected chi connectivity index (χ3v) is 6.75. The van der Waals surface area contributed by atoms with Crippen molar-refractivity contribution in [1.82, 2.24) is 10.4 Å². The average Bonchev–Trinajstić information content (AvgIpc) is 2.51. The predicted molar refractivity (Wildman–Crippen MR) is 99.6 cm³/mol. The second-order valence-corrected chi connectivity index (χ2v) is 9.87. The molecule has 2 unspecified atom stereocenters. The first-order chi connectivity index (χ1) is 11.7. The number of hydrogen-bond donors (Lipinski definition) is 2. The van der Waals surface area contributed by atoms with Gasteiger partial charge in [-0.05, 0) is 44.3 Å². The van der Waals surface area contributed by atoms with E-state index in [4.69, 9.17) is 9.26 Å². The van der Waals surface area contributed by atoms with E-state index < -0.39 is 18.7 Å². The van der Waals surface area contributed by atoms with Crippen molar-refractivity contribution in [3.8, 4) is 5.75 Å². The highest BCUT2D eigenvalue weighted by molar-refractivity contribution is 8.56. The van der Waals surface area contributed by atoms with Gasteiger partial charge in [-0.2, -0.15) is 0 Å². The van der Waals surface area contributed by atoms with E-state index in [9.17, 15) is 14.2 Å². The molecule has 9 heteroatoms. The Kier molecular flexibility index (Phi) is 9.03. The summed E-state index contributed by atoms with van der Waals surface area (Å²) in [5.74, 6) is 0.119. The van der Waals surface area contributed by atoms with Gasteiger partial charge >= 0.3 is 12.7 Å². The summed E-state index contributed by atoms with van der Waals surface area (Å²) < 4.78 is 23.9. The molecule has 1 rings (SSSR count). The summed E-state index contributed by atoms with van der Waals surface area (Å²) in [7, 11) is 0. The Bertz CT molecular complexity index is 612. The van der Waals surface area contributed by atoms with Crippen molar-refractivity contribution in [1.29, 1.82) is 0 Å². The molecule has 0 fully saturated rings. The zero-order chi connectivity index (χ0) is 18.9. The summed E-state index contributed by atoms with van der Waals surface area (Å²) in [6.07, 6.45) is -0.265. The van der Waals surface area contributed by atoms with E-state index in [0.717, 1.165) is 11.4 Å². The Balaban J connectivity index is 2.77. The first-order valence-electron chi connectivity index (χ1n) is 7.94. The van der Waals surface area contributed by atoms with E-state index in [-0.39, 0.29) is 12.0 Å². The molecule has 140 valence electrons. The van der Waals surface area contributed by atoms with Crippen LogP contribution in [0.15, 0.2) is 30.3 Å². The van der Waals surface area contributed by atoms with Gasteiger partial charge in [0.1, 0.15) is 11.8 Å². The summed E-state index contributed by atoms with van der Waals surface area (Å²) >= 11 is 1.03. The summed E-state index contributed by atoms with van der Waals surface area (Å²) in [6, 6.07) is 7.90. The summed E-state index contributed by atoms with van der Waals surface area (Å²) in [4.78, 5) is 22.9. The molecular weight excluding hydrogens is 363 g/mol. The third-order valence-electron chi connectivity index (χ3n) is 2.76. The van der Waals surface area contributed by atoms with E-state index in [0.29, 0.717) is 18.0 Å². The van der Waals surface area contributed by atoms with Crippen molar-refractivity contribution in [3.63, 3.8) is 0 Å². The Morgan fingerprint density at radius 2 is 1.84 bits per heavy atom. The summed E-state index contributed by atoms with van der Waals surface area (Å²) in [5.41, 5.74) is 0. The first-order valence-corrected chi connectivity index (χ1v) is 11.2. The molecule has 0 aliphatic carbocycles. The predicted octanol–water partition coefficient (Wildman–Crippen LogP) is 2.97. The standard InChI is InChI=1S/C16H25N2O5PS/c1-12(2)22-16(20)13(3)18-24(21,25-11-10-17-14(4)19)23-15-8-6-5-7-9-15/h5-9,12-13H,10-11H2,1-4H3,(H,17,19)(H,18,21). The highest BCUT2D eigenvalue weighted by atomic mass is 32.7. The maximum absolute atomic E-state index is 13.1. The van der Waals surface area contributed by atoms with Gasteiger partial charge in [0.05, 0.1) is 6.10 Å². The topological polar surface area (TPSA) is 93.7 Å². The number of hydrogen-bond acceptors (Lipinski definition) is 6. The van der Waals surface area contributed by atoms with Crippen LogP contribution >= 0.6 is 18.1 Å². The van der Waals surface area contributed by atoms with Crippen LogP contribution < -0.4 is 14.9 Å². The minimum absolute atomic E-state index is 0.166. The van der Waals surface area contributed by atoms with E-state index in [1.807, 2.05) is 6.07 Å². The maximum atomic E-state index is 13.1. The van der Waals surface area contributed by atoms with Gasteiger partial charge in [0.25, 0.3) is 0 Å². The Hall–Kier alpha value is -1.50. The quantitative estimate of drug-likeness (QED) is 0.361. The normalized spacial score (nSPS) is 14.4. The lowest BCUT2D eigenvalue weighted by Gasteiger charge is -2.23. The van der Waals surface area contributed by atoms with Crippen molar-refractivity contribution >= 4 is 30.0 Å². The van der Waals surface area contributed by atoms with Crippen LogP contribution in [0.25, 0.3) is 0 Å². The van der Waals surface area contributed by atoms with Crippen LogP contribution in [-0.2, 0) is 18.9 Å². The lowest BCUT2D eigenvalue weighted by Crippen LogP contribution is -2.35. The van der Waals surface area contributed by atoms with Crippen molar-refractivity contribution in [3.05, 3.63) is 30.3 Å². The summed E-state index contributed by atoms with van der Waals surface area (Å²) in [6.45, 7) is 3.37. The monoisotopic (exact) mass is 388 g/mol. The number of esters is 1. The molecule has 2 N–H and O–H groups in total. The molecule has 0 aliphatic rings. The Labute approximate surface area is 152 Å². The van der Waals surface area contributed by atoms with Crippen LogP contribution in [0.1, 0.15) is 27.7 Å². The fourth-order valence-electron chi connectivity index (χ4n) is 1.73. The van der Waals surface area contributed by atoms with Gasteiger partial charge in [-0.3, -0.25) is 9.59 Å². The third kappa shape index (κ3) is 8.95. The largest absolute Gasteiger partial charge is 0.462 e. The molecule has 1 aromatic rings. The Morgan fingerprint density at radius 1 is 1.20 bits per heavy atom. The molecule has 0 spiro atoms. The van der Waals surface area contributed by atoms with Crippen LogP contribution in [0.2, 0.25) is 0 Å². The number of benzene rings is 1. The number of carbonyl (C=O) groups excluding carboxylic acids is 2. The minimum Gasteiger partial charge on any atom is -0.462 e. The number of carbonyl (C=O) groups is 2. The van der Waals surface area contributed by atoms with Gasteiger partial charge in [-0.1, -0.05) is 18.2 Å². The van der Waals surface area contributed by atoms with Crippen molar-refractivity contribution in [2.45, 2.75) is 39.8 Å². The molecule has 2 atom stereocenters. The zero-order valence-corrected chi connectivity index (χ0v) is 16.6. The van der Waals surface area contributed by atoms with Gasteiger partial charge in [0.2, 0.25) is 5.91 Å². The minimum atomic E-state index is -3.44. The molecule has 25 heavy (non-hydrogen) atoms. The molecule has 1 aromatic carbocycles. The smallest absolute Gasteiger partial charge is 0.375 e. The van der Waals surface area contributed by atoms with Crippen LogP contribution in [0.5, 0.6) is 5.75 Å². The molecule has 0 radical (unpaired) electrons. The number of amides is 1. The average molecular weight is 388 g/mol. The van der Waals surface area contributed by atoms with Gasteiger partial charge in [0, 0.05) is 19.2 Å². The lowest BCUT2D eigenvalue weighted by molar-refractivity contribution is -0.149. The molecule has 0 saturated carbocycles. The van der Waals surface area contributed by atoms with E-state index in [1.165, 1.54) is 6.92 Å². The highest BCUT2D eigenvalue weighted by Crippen LogP contribution is 2.55. The van der Waals surface area contributed by atoms with Crippen LogP contribution in [0.3, 0.4) is 0 Å². The SMILES string of the molecule is CC(=O)NCCSP(=O)(NC(C)C(=O)OC(C)C)Oc1ccccc1. The maximum Gasteiger partial charge on any atom is 0.375 e. The second-order valence-electron chi connectivity index (χ2n) is 5.55. The van der Waals surface area contributed by atoms with Crippen LogP contribution in [0, 0.1) is 0 Å². The molecule has 0 saturated heterocycles. The zero-order valence-electron chi connectivity index (χ0n) is 14.9. The van der Waals surface area contributed by atoms with Gasteiger partial charge < -0.3 is 14.6 Å². The van der Waals surface area contributed by atoms with Crippen molar-refractivity contribution < 1.29 is 23.4 Å². The summed E-state index contributed by atoms with van der Waals surface area (Å²) in [5, 5.41) is 5.37. The molecule has 0 bridgehead atoms. The fraction of sp³-hybridized carbons (Fsp3) is 0.500. The van der Waals surface area contributed by atoms with Crippen molar-refractivity contribution in [2.75, 3.05) is 12.3 Å².